The Bertz CT molecular complexity index is 698. The predicted octanol–water partition coefficient (Wildman–Crippen LogP) is 2.09. The van der Waals surface area contributed by atoms with Crippen molar-refractivity contribution in [2.24, 2.45) is 5.73 Å². The van der Waals surface area contributed by atoms with Gasteiger partial charge in [0.15, 0.2) is 9.84 Å². The molecule has 0 bridgehead atoms. The van der Waals surface area contributed by atoms with E-state index in [2.05, 4.69) is 17.0 Å². The molecule has 0 aliphatic heterocycles. The Balaban J connectivity index is 1.98. The van der Waals surface area contributed by atoms with Crippen LogP contribution in [0.1, 0.15) is 11.1 Å². The number of hydrogen-bond donors (Lipinski definition) is 1. The molecule has 2 N–H and O–H groups in total. The lowest BCUT2D eigenvalue weighted by atomic mass is 10.1. The molecule has 0 aliphatic rings. The third-order valence-electron chi connectivity index (χ3n) is 3.76. The maximum Gasteiger partial charge on any atom is 0.175 e. The van der Waals surface area contributed by atoms with Crippen LogP contribution in [0.5, 0.6) is 0 Å². The fourth-order valence-corrected chi connectivity index (χ4v) is 3.12. The minimum atomic E-state index is -3.14. The van der Waals surface area contributed by atoms with Crippen LogP contribution < -0.4 is 5.73 Å². The fourth-order valence-electron chi connectivity index (χ4n) is 2.48. The highest BCUT2D eigenvalue weighted by atomic mass is 32.2. The third-order valence-corrected chi connectivity index (χ3v) is 4.89. The van der Waals surface area contributed by atoms with Gasteiger partial charge in [-0.25, -0.2) is 8.42 Å². The van der Waals surface area contributed by atoms with E-state index < -0.39 is 9.84 Å². The van der Waals surface area contributed by atoms with Gasteiger partial charge in [0, 0.05) is 32.4 Å². The minimum Gasteiger partial charge on any atom is -0.329 e. The Hall–Kier alpha value is -1.69. The molecule has 0 amide bonds. The maximum absolute atomic E-state index is 11.5. The molecule has 5 heteroatoms. The van der Waals surface area contributed by atoms with Gasteiger partial charge in [-0.2, -0.15) is 0 Å². The van der Waals surface area contributed by atoms with Crippen molar-refractivity contribution in [3.63, 3.8) is 0 Å². The Morgan fingerprint density at radius 2 is 1.57 bits per heavy atom. The van der Waals surface area contributed by atoms with Crippen LogP contribution >= 0.6 is 0 Å². The van der Waals surface area contributed by atoms with Gasteiger partial charge in [0.25, 0.3) is 0 Å². The normalized spacial score (nSPS) is 11.8. The van der Waals surface area contributed by atoms with Crippen LogP contribution in [0.25, 0.3) is 0 Å². The van der Waals surface area contributed by atoms with Gasteiger partial charge in [0.2, 0.25) is 0 Å². The van der Waals surface area contributed by atoms with Gasteiger partial charge >= 0.3 is 0 Å². The Labute approximate surface area is 138 Å². The van der Waals surface area contributed by atoms with Gasteiger partial charge in [0.05, 0.1) is 4.90 Å². The van der Waals surface area contributed by atoms with Crippen molar-refractivity contribution in [3.05, 3.63) is 65.7 Å². The molecule has 4 nitrogen and oxygen atoms in total. The highest BCUT2D eigenvalue weighted by Gasteiger charge is 2.09. The van der Waals surface area contributed by atoms with Crippen molar-refractivity contribution in [1.29, 1.82) is 0 Å². The zero-order valence-electron chi connectivity index (χ0n) is 13.5. The van der Waals surface area contributed by atoms with Gasteiger partial charge in [-0.15, -0.1) is 0 Å². The lowest BCUT2D eigenvalue weighted by Crippen LogP contribution is -2.31. The number of hydrogen-bond acceptors (Lipinski definition) is 4. The first-order valence-electron chi connectivity index (χ1n) is 7.74. The Morgan fingerprint density at radius 1 is 0.913 bits per heavy atom. The molecular weight excluding hydrogens is 308 g/mol. The number of sulfone groups is 1. The molecule has 124 valence electrons. The SMILES string of the molecule is CS(=O)(=O)c1ccc(CN(CCN)CCc2ccccc2)cc1. The van der Waals surface area contributed by atoms with E-state index in [1.807, 2.05) is 30.3 Å². The summed E-state index contributed by atoms with van der Waals surface area (Å²) in [6.45, 7) is 3.12. The molecular formula is C18H24N2O2S. The van der Waals surface area contributed by atoms with Crippen LogP contribution in [0, 0.1) is 0 Å². The quantitative estimate of drug-likeness (QED) is 0.804. The minimum absolute atomic E-state index is 0.357. The van der Waals surface area contributed by atoms with Gasteiger partial charge < -0.3 is 5.73 Å². The summed E-state index contributed by atoms with van der Waals surface area (Å²) in [7, 11) is -3.14. The fraction of sp³-hybridized carbons (Fsp3) is 0.333. The van der Waals surface area contributed by atoms with Crippen LogP contribution in [-0.4, -0.2) is 39.2 Å². The van der Waals surface area contributed by atoms with Crippen LogP contribution in [0.15, 0.2) is 59.5 Å². The first kappa shape index (κ1) is 17.7. The van der Waals surface area contributed by atoms with Gasteiger partial charge in [-0.3, -0.25) is 4.90 Å². The lowest BCUT2D eigenvalue weighted by Gasteiger charge is -2.22. The van der Waals surface area contributed by atoms with Gasteiger partial charge in [-0.1, -0.05) is 42.5 Å². The summed E-state index contributed by atoms with van der Waals surface area (Å²) >= 11 is 0. The topological polar surface area (TPSA) is 63.4 Å². The second kappa shape index (κ2) is 8.24. The molecule has 23 heavy (non-hydrogen) atoms. The second-order valence-electron chi connectivity index (χ2n) is 5.72. The molecule has 2 aromatic carbocycles. The summed E-state index contributed by atoms with van der Waals surface area (Å²) in [5.74, 6) is 0. The summed E-state index contributed by atoms with van der Waals surface area (Å²) < 4.78 is 23.0. The summed E-state index contributed by atoms with van der Waals surface area (Å²) in [6.07, 6.45) is 2.20. The van der Waals surface area contributed by atoms with Crippen LogP contribution in [0.4, 0.5) is 0 Å². The Morgan fingerprint density at radius 3 is 2.13 bits per heavy atom. The van der Waals surface area contributed by atoms with Crippen molar-refractivity contribution >= 4 is 9.84 Å². The average molecular weight is 332 g/mol. The lowest BCUT2D eigenvalue weighted by molar-refractivity contribution is 0.276. The van der Waals surface area contributed by atoms with Crippen molar-refractivity contribution in [2.45, 2.75) is 17.9 Å². The molecule has 0 aliphatic carbocycles. The summed E-state index contributed by atoms with van der Waals surface area (Å²) in [4.78, 5) is 2.65. The first-order valence-corrected chi connectivity index (χ1v) is 9.63. The molecule has 2 aromatic rings. The maximum atomic E-state index is 11.5. The summed E-state index contributed by atoms with van der Waals surface area (Å²) in [6, 6.07) is 17.5. The van der Waals surface area contributed by atoms with Gasteiger partial charge in [-0.05, 0) is 29.7 Å². The molecule has 0 atom stereocenters. The average Bonchev–Trinajstić information content (AvgIpc) is 2.53. The zero-order valence-corrected chi connectivity index (χ0v) is 14.3. The first-order chi connectivity index (χ1) is 11.0. The number of nitrogens with two attached hydrogens (primary N) is 1. The molecule has 0 saturated carbocycles. The molecule has 0 saturated heterocycles. The van der Waals surface area contributed by atoms with E-state index in [4.69, 9.17) is 5.73 Å². The smallest absolute Gasteiger partial charge is 0.175 e. The molecule has 0 radical (unpaired) electrons. The van der Waals surface area contributed by atoms with E-state index >= 15 is 0 Å². The van der Waals surface area contributed by atoms with E-state index in [-0.39, 0.29) is 0 Å². The van der Waals surface area contributed by atoms with Gasteiger partial charge in [0.1, 0.15) is 0 Å². The largest absolute Gasteiger partial charge is 0.329 e. The molecule has 2 rings (SSSR count). The van der Waals surface area contributed by atoms with Crippen molar-refractivity contribution in [1.82, 2.24) is 4.90 Å². The van der Waals surface area contributed by atoms with E-state index in [0.717, 1.165) is 31.6 Å². The van der Waals surface area contributed by atoms with E-state index in [9.17, 15) is 8.42 Å². The van der Waals surface area contributed by atoms with Crippen LogP contribution in [0.2, 0.25) is 0 Å². The monoisotopic (exact) mass is 332 g/mol. The van der Waals surface area contributed by atoms with E-state index in [1.54, 1.807) is 12.1 Å². The van der Waals surface area contributed by atoms with Crippen LogP contribution in [-0.2, 0) is 22.8 Å². The van der Waals surface area contributed by atoms with E-state index in [0.29, 0.717) is 11.4 Å². The zero-order chi connectivity index (χ0) is 16.7. The molecule has 0 unspecified atom stereocenters. The second-order valence-corrected chi connectivity index (χ2v) is 7.73. The number of nitrogens with zero attached hydrogens (tertiary/aromatic N) is 1. The van der Waals surface area contributed by atoms with Crippen molar-refractivity contribution in [2.75, 3.05) is 25.9 Å². The third kappa shape index (κ3) is 5.78. The predicted molar refractivity (Wildman–Crippen MR) is 94.0 cm³/mol. The van der Waals surface area contributed by atoms with Crippen molar-refractivity contribution in [3.8, 4) is 0 Å². The molecule has 0 heterocycles. The molecule has 0 aromatic heterocycles. The summed E-state index contributed by atoms with van der Waals surface area (Å²) in [5.41, 5.74) is 8.12. The molecule has 0 fully saturated rings. The standard InChI is InChI=1S/C18H24N2O2S/c1-23(21,22)18-9-7-17(8-10-18)15-20(14-12-19)13-11-16-5-3-2-4-6-16/h2-10H,11-15,19H2,1H3. The number of rotatable bonds is 8. The van der Waals surface area contributed by atoms with E-state index in [1.165, 1.54) is 11.8 Å². The Kier molecular flexibility index (Phi) is 6.33. The summed E-state index contributed by atoms with van der Waals surface area (Å²) in [5, 5.41) is 0. The highest BCUT2D eigenvalue weighted by Crippen LogP contribution is 2.12. The number of benzene rings is 2. The van der Waals surface area contributed by atoms with Crippen LogP contribution in [0.3, 0.4) is 0 Å². The highest BCUT2D eigenvalue weighted by molar-refractivity contribution is 7.90. The molecule has 0 spiro atoms. The van der Waals surface area contributed by atoms with Crippen molar-refractivity contribution < 1.29 is 8.42 Å².